The Morgan fingerprint density at radius 1 is 1.04 bits per heavy atom. The van der Waals surface area contributed by atoms with E-state index in [0.717, 1.165) is 57.1 Å². The fourth-order valence-electron chi connectivity index (χ4n) is 4.87. The molecule has 3 aliphatic rings. The van der Waals surface area contributed by atoms with E-state index in [1.807, 2.05) is 0 Å². The van der Waals surface area contributed by atoms with Crippen molar-refractivity contribution in [3.63, 3.8) is 0 Å². The molecule has 23 heavy (non-hydrogen) atoms. The SMILES string of the molecule is OCCN1CCN(C[C@@H](O)COCC[C@@H]2C[C@H]3CC[C@H]2C3)CC1. The van der Waals surface area contributed by atoms with Gasteiger partial charge in [0.1, 0.15) is 0 Å². The molecule has 2 N–H and O–H groups in total. The molecule has 0 amide bonds. The molecule has 3 fully saturated rings. The second kappa shape index (κ2) is 8.77. The van der Waals surface area contributed by atoms with E-state index in [1.165, 1.54) is 32.1 Å². The minimum Gasteiger partial charge on any atom is -0.395 e. The fraction of sp³-hybridized carbons (Fsp3) is 1.00. The lowest BCUT2D eigenvalue weighted by Gasteiger charge is -2.35. The summed E-state index contributed by atoms with van der Waals surface area (Å²) in [6.07, 6.45) is 6.62. The Kier molecular flexibility index (Phi) is 6.72. The van der Waals surface area contributed by atoms with Gasteiger partial charge < -0.3 is 14.9 Å². The van der Waals surface area contributed by atoms with Crippen molar-refractivity contribution >= 4 is 0 Å². The Morgan fingerprint density at radius 3 is 2.48 bits per heavy atom. The van der Waals surface area contributed by atoms with E-state index in [9.17, 15) is 5.11 Å². The topological polar surface area (TPSA) is 56.2 Å². The Morgan fingerprint density at radius 2 is 1.83 bits per heavy atom. The lowest BCUT2D eigenvalue weighted by Crippen LogP contribution is -2.49. The van der Waals surface area contributed by atoms with Crippen LogP contribution in [0.4, 0.5) is 0 Å². The smallest absolute Gasteiger partial charge is 0.0900 e. The Balaban J connectivity index is 1.22. The Hall–Kier alpha value is -0.200. The molecule has 2 bridgehead atoms. The number of piperazine rings is 1. The van der Waals surface area contributed by atoms with E-state index in [0.29, 0.717) is 13.2 Å². The molecule has 0 aromatic heterocycles. The van der Waals surface area contributed by atoms with E-state index in [1.54, 1.807) is 0 Å². The van der Waals surface area contributed by atoms with E-state index in [-0.39, 0.29) is 12.7 Å². The van der Waals surface area contributed by atoms with Crippen LogP contribution in [0.15, 0.2) is 0 Å². The highest BCUT2D eigenvalue weighted by molar-refractivity contribution is 4.89. The number of β-amino-alcohol motifs (C(OH)–C–C–N with tert-alkyl or cyclic N) is 2. The maximum absolute atomic E-state index is 10.1. The number of hydrogen-bond donors (Lipinski definition) is 2. The Labute approximate surface area is 140 Å². The van der Waals surface area contributed by atoms with Gasteiger partial charge in [-0.15, -0.1) is 0 Å². The largest absolute Gasteiger partial charge is 0.395 e. The summed E-state index contributed by atoms with van der Waals surface area (Å²) < 4.78 is 5.75. The quantitative estimate of drug-likeness (QED) is 0.614. The summed E-state index contributed by atoms with van der Waals surface area (Å²) >= 11 is 0. The van der Waals surface area contributed by atoms with E-state index in [2.05, 4.69) is 9.80 Å². The maximum Gasteiger partial charge on any atom is 0.0900 e. The first kappa shape index (κ1) is 17.6. The van der Waals surface area contributed by atoms with E-state index >= 15 is 0 Å². The van der Waals surface area contributed by atoms with Gasteiger partial charge in [0, 0.05) is 45.9 Å². The van der Waals surface area contributed by atoms with Crippen LogP contribution in [0.25, 0.3) is 0 Å². The molecule has 0 unspecified atom stereocenters. The molecule has 0 aromatic rings. The summed E-state index contributed by atoms with van der Waals surface area (Å²) in [5.74, 6) is 2.88. The lowest BCUT2D eigenvalue weighted by molar-refractivity contribution is 0.00152. The molecular formula is C18H34N2O3. The average molecular weight is 326 g/mol. The zero-order chi connectivity index (χ0) is 16.1. The standard InChI is InChI=1S/C18H34N2O3/c21-9-8-19-4-6-20(7-5-19)13-18(22)14-23-10-3-17-12-15-1-2-16(17)11-15/h15-18,21-22H,1-14H2/t15-,16-,17+,18+/m0/s1. The van der Waals surface area contributed by atoms with Crippen LogP contribution in [0, 0.1) is 17.8 Å². The van der Waals surface area contributed by atoms with Crippen molar-refractivity contribution < 1.29 is 14.9 Å². The van der Waals surface area contributed by atoms with Crippen LogP contribution in [0.5, 0.6) is 0 Å². The highest BCUT2D eigenvalue weighted by atomic mass is 16.5. The van der Waals surface area contributed by atoms with Crippen molar-refractivity contribution in [3.05, 3.63) is 0 Å². The molecule has 1 aliphatic heterocycles. The molecule has 1 saturated heterocycles. The maximum atomic E-state index is 10.1. The summed E-state index contributed by atoms with van der Waals surface area (Å²) in [6.45, 7) is 6.91. The summed E-state index contributed by atoms with van der Waals surface area (Å²) in [5.41, 5.74) is 0. The molecule has 2 saturated carbocycles. The van der Waals surface area contributed by atoms with Crippen LogP contribution in [0.3, 0.4) is 0 Å². The van der Waals surface area contributed by atoms with Crippen molar-refractivity contribution in [3.8, 4) is 0 Å². The summed E-state index contributed by atoms with van der Waals surface area (Å²) in [7, 11) is 0. The van der Waals surface area contributed by atoms with Crippen LogP contribution in [0.1, 0.15) is 32.1 Å². The van der Waals surface area contributed by atoms with E-state index < -0.39 is 0 Å². The van der Waals surface area contributed by atoms with Crippen LogP contribution in [-0.4, -0.2) is 85.2 Å². The van der Waals surface area contributed by atoms with Crippen molar-refractivity contribution in [1.29, 1.82) is 0 Å². The van der Waals surface area contributed by atoms with E-state index in [4.69, 9.17) is 9.84 Å². The highest BCUT2D eigenvalue weighted by Crippen LogP contribution is 2.49. The van der Waals surface area contributed by atoms with Gasteiger partial charge in [-0.25, -0.2) is 0 Å². The first-order valence-corrected chi connectivity index (χ1v) is 9.56. The summed E-state index contributed by atoms with van der Waals surface area (Å²) in [6, 6.07) is 0. The first-order chi connectivity index (χ1) is 11.2. The molecule has 3 rings (SSSR count). The molecule has 134 valence electrons. The monoisotopic (exact) mass is 326 g/mol. The molecule has 5 heteroatoms. The Bertz CT molecular complexity index is 347. The summed E-state index contributed by atoms with van der Waals surface area (Å²) in [5, 5.41) is 19.1. The second-order valence-corrected chi connectivity index (χ2v) is 7.82. The number of fused-ring (bicyclic) bond motifs is 2. The van der Waals surface area contributed by atoms with Crippen LogP contribution in [-0.2, 0) is 4.74 Å². The molecule has 5 nitrogen and oxygen atoms in total. The van der Waals surface area contributed by atoms with Gasteiger partial charge in [-0.05, 0) is 43.4 Å². The molecule has 2 aliphatic carbocycles. The molecule has 1 heterocycles. The van der Waals surface area contributed by atoms with Gasteiger partial charge in [0.05, 0.1) is 19.3 Å². The third kappa shape index (κ3) is 5.13. The zero-order valence-corrected chi connectivity index (χ0v) is 14.4. The van der Waals surface area contributed by atoms with Gasteiger partial charge in [-0.3, -0.25) is 9.80 Å². The van der Waals surface area contributed by atoms with Crippen LogP contribution >= 0.6 is 0 Å². The van der Waals surface area contributed by atoms with Gasteiger partial charge in [-0.2, -0.15) is 0 Å². The number of nitrogens with zero attached hydrogens (tertiary/aromatic N) is 2. The number of aliphatic hydroxyl groups is 2. The van der Waals surface area contributed by atoms with Gasteiger partial charge in [0.25, 0.3) is 0 Å². The minimum atomic E-state index is -0.376. The normalized spacial score (nSPS) is 33.4. The minimum absolute atomic E-state index is 0.235. The first-order valence-electron chi connectivity index (χ1n) is 9.56. The third-order valence-electron chi connectivity index (χ3n) is 6.18. The predicted molar refractivity (Wildman–Crippen MR) is 90.3 cm³/mol. The van der Waals surface area contributed by atoms with Gasteiger partial charge in [-0.1, -0.05) is 6.42 Å². The lowest BCUT2D eigenvalue weighted by atomic mass is 9.87. The van der Waals surface area contributed by atoms with Gasteiger partial charge in [0.2, 0.25) is 0 Å². The molecular weight excluding hydrogens is 292 g/mol. The third-order valence-corrected chi connectivity index (χ3v) is 6.18. The molecule has 0 spiro atoms. The van der Waals surface area contributed by atoms with Gasteiger partial charge in [0.15, 0.2) is 0 Å². The fourth-order valence-corrected chi connectivity index (χ4v) is 4.87. The molecule has 4 atom stereocenters. The molecule has 0 aromatic carbocycles. The number of ether oxygens (including phenoxy) is 1. The van der Waals surface area contributed by atoms with Gasteiger partial charge >= 0.3 is 0 Å². The van der Waals surface area contributed by atoms with Crippen molar-refractivity contribution in [1.82, 2.24) is 9.80 Å². The predicted octanol–water partition coefficient (Wildman–Crippen LogP) is 0.800. The van der Waals surface area contributed by atoms with Crippen LogP contribution in [0.2, 0.25) is 0 Å². The number of hydrogen-bond acceptors (Lipinski definition) is 5. The van der Waals surface area contributed by atoms with Crippen molar-refractivity contribution in [2.75, 3.05) is 59.1 Å². The average Bonchev–Trinajstić information content (AvgIpc) is 3.17. The highest BCUT2D eigenvalue weighted by Gasteiger charge is 2.38. The number of rotatable bonds is 9. The second-order valence-electron chi connectivity index (χ2n) is 7.82. The summed E-state index contributed by atoms with van der Waals surface area (Å²) in [4.78, 5) is 4.58. The zero-order valence-electron chi connectivity index (χ0n) is 14.4. The number of aliphatic hydroxyl groups excluding tert-OH is 2. The van der Waals surface area contributed by atoms with Crippen molar-refractivity contribution in [2.45, 2.75) is 38.2 Å². The van der Waals surface area contributed by atoms with Crippen LogP contribution < -0.4 is 0 Å². The van der Waals surface area contributed by atoms with Crippen molar-refractivity contribution in [2.24, 2.45) is 17.8 Å². The molecule has 0 radical (unpaired) electrons.